The molecule has 4 rings (SSSR count). The third kappa shape index (κ3) is 4.42. The summed E-state index contributed by atoms with van der Waals surface area (Å²) in [5.74, 6) is -0.00330. The summed E-state index contributed by atoms with van der Waals surface area (Å²) in [5, 5.41) is 14.1. The Kier molecular flexibility index (Phi) is 5.72. The van der Waals surface area contributed by atoms with Gasteiger partial charge in [0.15, 0.2) is 17.5 Å². The van der Waals surface area contributed by atoms with Crippen molar-refractivity contribution in [3.63, 3.8) is 0 Å². The molecular formula is C17H23FN8O2. The lowest BCUT2D eigenvalue weighted by atomic mass is 10.3. The Morgan fingerprint density at radius 1 is 1.39 bits per heavy atom. The third-order valence-electron chi connectivity index (χ3n) is 4.76. The summed E-state index contributed by atoms with van der Waals surface area (Å²) in [4.78, 5) is 22.3. The maximum atomic E-state index is 14.1. The van der Waals surface area contributed by atoms with Crippen LogP contribution in [-0.2, 0) is 22.6 Å². The van der Waals surface area contributed by atoms with Crippen LogP contribution in [0.15, 0.2) is 12.4 Å². The van der Waals surface area contributed by atoms with Crippen LogP contribution >= 0.6 is 0 Å². The minimum Gasteiger partial charge on any atom is -0.368 e. The Morgan fingerprint density at radius 3 is 3.04 bits per heavy atom. The number of halogens is 1. The predicted octanol–water partition coefficient (Wildman–Crippen LogP) is 0.103. The molecule has 2 aromatic heterocycles. The number of amides is 1. The minimum atomic E-state index is -0.552. The van der Waals surface area contributed by atoms with Gasteiger partial charge in [-0.05, 0) is 12.8 Å². The SMILES string of the molecule is O=C(Cn1cc(CNc2nc(C3CNCCO3)ncc2F)nn1)N1CCCC1. The number of nitrogens with zero attached hydrogens (tertiary/aromatic N) is 6. The first kappa shape index (κ1) is 18.7. The average Bonchev–Trinajstić information content (AvgIpc) is 3.40. The van der Waals surface area contributed by atoms with E-state index in [1.165, 1.54) is 4.68 Å². The number of ether oxygens (including phenoxy) is 1. The lowest BCUT2D eigenvalue weighted by Gasteiger charge is -2.22. The standard InChI is InChI=1S/C17H23FN8O2/c18-13-8-21-17(14-9-19-3-6-28-14)22-16(13)20-7-12-10-26(24-23-12)11-15(27)25-4-1-2-5-25/h8,10,14,19H,1-7,9,11H2,(H,20,21,22). The van der Waals surface area contributed by atoms with Gasteiger partial charge in [0.1, 0.15) is 18.3 Å². The molecule has 1 unspecified atom stereocenters. The van der Waals surface area contributed by atoms with Crippen LogP contribution < -0.4 is 10.6 Å². The van der Waals surface area contributed by atoms with E-state index in [1.54, 1.807) is 6.20 Å². The molecule has 4 heterocycles. The first-order valence-electron chi connectivity index (χ1n) is 9.44. The van der Waals surface area contributed by atoms with Crippen LogP contribution in [0.2, 0.25) is 0 Å². The van der Waals surface area contributed by atoms with E-state index in [0.717, 1.165) is 38.7 Å². The fourth-order valence-corrected chi connectivity index (χ4v) is 3.27. The zero-order chi connectivity index (χ0) is 19.3. The van der Waals surface area contributed by atoms with Crippen molar-refractivity contribution in [2.24, 2.45) is 0 Å². The second-order valence-electron chi connectivity index (χ2n) is 6.84. The predicted molar refractivity (Wildman–Crippen MR) is 96.7 cm³/mol. The summed E-state index contributed by atoms with van der Waals surface area (Å²) >= 11 is 0. The van der Waals surface area contributed by atoms with Crippen LogP contribution in [0.25, 0.3) is 0 Å². The first-order valence-corrected chi connectivity index (χ1v) is 9.44. The maximum absolute atomic E-state index is 14.1. The highest BCUT2D eigenvalue weighted by Gasteiger charge is 2.21. The molecule has 2 aliphatic heterocycles. The molecule has 1 atom stereocenters. The lowest BCUT2D eigenvalue weighted by molar-refractivity contribution is -0.130. The molecule has 2 aromatic rings. The molecule has 10 nitrogen and oxygen atoms in total. The number of carbonyl (C=O) groups is 1. The molecule has 1 amide bonds. The van der Waals surface area contributed by atoms with Crippen molar-refractivity contribution in [1.29, 1.82) is 0 Å². The largest absolute Gasteiger partial charge is 0.368 e. The Bertz CT molecular complexity index is 817. The summed E-state index contributed by atoms with van der Waals surface area (Å²) in [6, 6.07) is 0. The molecule has 2 fully saturated rings. The third-order valence-corrected chi connectivity index (χ3v) is 4.76. The molecule has 2 N–H and O–H groups in total. The van der Waals surface area contributed by atoms with Crippen LogP contribution in [0.5, 0.6) is 0 Å². The van der Waals surface area contributed by atoms with E-state index in [0.29, 0.717) is 24.7 Å². The number of rotatable bonds is 6. The second-order valence-corrected chi connectivity index (χ2v) is 6.84. The highest BCUT2D eigenvalue weighted by atomic mass is 19.1. The fourth-order valence-electron chi connectivity index (χ4n) is 3.27. The summed E-state index contributed by atoms with van der Waals surface area (Å²) in [6.07, 6.45) is 4.61. The fraction of sp³-hybridized carbons (Fsp3) is 0.588. The first-order chi connectivity index (χ1) is 13.7. The number of morpholine rings is 1. The van der Waals surface area contributed by atoms with Gasteiger partial charge in [-0.2, -0.15) is 0 Å². The molecule has 150 valence electrons. The minimum absolute atomic E-state index is 0.0366. The van der Waals surface area contributed by atoms with Crippen molar-refractivity contribution < 1.29 is 13.9 Å². The molecular weight excluding hydrogens is 367 g/mol. The van der Waals surface area contributed by atoms with Crippen LogP contribution in [0.4, 0.5) is 10.2 Å². The molecule has 28 heavy (non-hydrogen) atoms. The number of anilines is 1. The Morgan fingerprint density at radius 2 is 2.25 bits per heavy atom. The van der Waals surface area contributed by atoms with E-state index in [2.05, 4.69) is 30.9 Å². The summed E-state index contributed by atoms with van der Waals surface area (Å²) in [6.45, 7) is 3.92. The quantitative estimate of drug-likeness (QED) is 0.715. The van der Waals surface area contributed by atoms with E-state index in [9.17, 15) is 9.18 Å². The highest BCUT2D eigenvalue weighted by Crippen LogP contribution is 2.18. The van der Waals surface area contributed by atoms with Gasteiger partial charge in [-0.15, -0.1) is 5.10 Å². The second kappa shape index (κ2) is 8.57. The normalized spacial score (nSPS) is 19.8. The molecule has 0 aliphatic carbocycles. The Labute approximate surface area is 161 Å². The van der Waals surface area contributed by atoms with Crippen molar-refractivity contribution >= 4 is 11.7 Å². The zero-order valence-corrected chi connectivity index (χ0v) is 15.5. The molecule has 11 heteroatoms. The number of likely N-dealkylation sites (tertiary alicyclic amines) is 1. The van der Waals surface area contributed by atoms with Gasteiger partial charge in [0.25, 0.3) is 0 Å². The zero-order valence-electron chi connectivity index (χ0n) is 15.5. The van der Waals surface area contributed by atoms with Crippen molar-refractivity contribution in [2.75, 3.05) is 38.1 Å². The van der Waals surface area contributed by atoms with Crippen molar-refractivity contribution in [1.82, 2.24) is 35.2 Å². The highest BCUT2D eigenvalue weighted by molar-refractivity contribution is 5.76. The Balaban J connectivity index is 1.35. The summed E-state index contributed by atoms with van der Waals surface area (Å²) in [7, 11) is 0. The van der Waals surface area contributed by atoms with E-state index in [-0.39, 0.29) is 30.9 Å². The molecule has 2 aliphatic rings. The molecule has 0 spiro atoms. The van der Waals surface area contributed by atoms with Crippen molar-refractivity contribution in [3.05, 3.63) is 29.7 Å². The van der Waals surface area contributed by atoms with Gasteiger partial charge in [-0.25, -0.2) is 19.0 Å². The van der Waals surface area contributed by atoms with Gasteiger partial charge in [0.05, 0.1) is 25.5 Å². The topological polar surface area (TPSA) is 110 Å². The monoisotopic (exact) mass is 390 g/mol. The van der Waals surface area contributed by atoms with Crippen molar-refractivity contribution in [3.8, 4) is 0 Å². The number of carbonyl (C=O) groups excluding carboxylic acids is 1. The van der Waals surface area contributed by atoms with Crippen LogP contribution in [0.3, 0.4) is 0 Å². The number of nitrogens with one attached hydrogen (secondary N) is 2. The van der Waals surface area contributed by atoms with Crippen molar-refractivity contribution in [2.45, 2.75) is 32.0 Å². The molecule has 0 aromatic carbocycles. The van der Waals surface area contributed by atoms with E-state index >= 15 is 0 Å². The van der Waals surface area contributed by atoms with Gasteiger partial charge < -0.3 is 20.3 Å². The molecule has 0 radical (unpaired) electrons. The van der Waals surface area contributed by atoms with Gasteiger partial charge in [0.2, 0.25) is 5.91 Å². The smallest absolute Gasteiger partial charge is 0.244 e. The summed E-state index contributed by atoms with van der Waals surface area (Å²) < 4.78 is 21.2. The van der Waals surface area contributed by atoms with Gasteiger partial charge in [-0.1, -0.05) is 5.21 Å². The van der Waals surface area contributed by atoms with E-state index in [1.807, 2.05) is 4.90 Å². The Hall–Kier alpha value is -2.66. The molecule has 0 bridgehead atoms. The van der Waals surface area contributed by atoms with Crippen LogP contribution in [0, 0.1) is 5.82 Å². The maximum Gasteiger partial charge on any atom is 0.244 e. The molecule has 0 saturated carbocycles. The van der Waals surface area contributed by atoms with Crippen LogP contribution in [-0.4, -0.2) is 68.6 Å². The van der Waals surface area contributed by atoms with Gasteiger partial charge in [-0.3, -0.25) is 4.79 Å². The van der Waals surface area contributed by atoms with Crippen LogP contribution in [0.1, 0.15) is 30.5 Å². The molecule has 2 saturated heterocycles. The van der Waals surface area contributed by atoms with E-state index in [4.69, 9.17) is 4.74 Å². The number of hydrogen-bond donors (Lipinski definition) is 2. The number of hydrogen-bond acceptors (Lipinski definition) is 8. The van der Waals surface area contributed by atoms with Gasteiger partial charge >= 0.3 is 0 Å². The van der Waals surface area contributed by atoms with Gasteiger partial charge in [0, 0.05) is 26.2 Å². The summed E-state index contributed by atoms with van der Waals surface area (Å²) in [5.41, 5.74) is 0.587. The number of aromatic nitrogens is 5. The average molecular weight is 390 g/mol. The lowest BCUT2D eigenvalue weighted by Crippen LogP contribution is -2.34. The van der Waals surface area contributed by atoms with E-state index < -0.39 is 5.82 Å².